The van der Waals surface area contributed by atoms with Crippen LogP contribution in [0, 0.1) is 0 Å². The van der Waals surface area contributed by atoms with Gasteiger partial charge in [0.15, 0.2) is 0 Å². The van der Waals surface area contributed by atoms with Crippen molar-refractivity contribution in [2.45, 2.75) is 18.9 Å². The summed E-state index contributed by atoms with van der Waals surface area (Å²) in [6, 6.07) is 2.23. The summed E-state index contributed by atoms with van der Waals surface area (Å²) in [6.07, 6.45) is 2.35. The summed E-state index contributed by atoms with van der Waals surface area (Å²) in [5.41, 5.74) is 0. The normalized spacial score (nSPS) is 19.3. The topological polar surface area (TPSA) is 31.4 Å². The molecule has 1 aromatic rings. The first-order chi connectivity index (χ1) is 9.02. The number of nitrogens with one attached hydrogen (secondary N) is 1. The molecule has 1 unspecified atom stereocenters. The molecule has 4 nitrogen and oxygen atoms in total. The highest BCUT2D eigenvalue weighted by Gasteiger charge is 2.28. The van der Waals surface area contributed by atoms with Crippen molar-refractivity contribution in [1.29, 1.82) is 0 Å². The molecule has 106 valence electrons. The lowest BCUT2D eigenvalue weighted by Gasteiger charge is -2.29. The highest BCUT2D eigenvalue weighted by atomic mass is 35.5. The Morgan fingerprint density at radius 1 is 1.42 bits per heavy atom. The Balaban J connectivity index is 2.29. The van der Waals surface area contributed by atoms with Crippen LogP contribution in [-0.2, 0) is 0 Å². The van der Waals surface area contributed by atoms with Gasteiger partial charge in [-0.3, -0.25) is 0 Å². The van der Waals surface area contributed by atoms with Gasteiger partial charge in [0.2, 0.25) is 0 Å². The molecule has 0 spiro atoms. The molecule has 6 heteroatoms. The molecule has 1 aromatic heterocycles. The Labute approximate surface area is 124 Å². The van der Waals surface area contributed by atoms with Gasteiger partial charge in [-0.1, -0.05) is 23.2 Å². The van der Waals surface area contributed by atoms with E-state index in [2.05, 4.69) is 34.2 Å². The average Bonchev–Trinajstić information content (AvgIpc) is 2.76. The number of anilines is 2. The first-order valence-corrected chi connectivity index (χ1v) is 7.23. The molecular weight excluding hydrogens is 283 g/mol. The lowest BCUT2D eigenvalue weighted by atomic mass is 10.2. The van der Waals surface area contributed by atoms with E-state index in [1.807, 2.05) is 7.05 Å². The van der Waals surface area contributed by atoms with Crippen LogP contribution < -0.4 is 10.2 Å². The van der Waals surface area contributed by atoms with E-state index in [1.165, 1.54) is 12.8 Å². The Morgan fingerprint density at radius 2 is 2.16 bits per heavy atom. The molecule has 2 rings (SSSR count). The zero-order valence-electron chi connectivity index (χ0n) is 11.6. The van der Waals surface area contributed by atoms with Gasteiger partial charge in [-0.2, -0.15) is 0 Å². The third kappa shape index (κ3) is 3.25. The number of pyridine rings is 1. The molecule has 0 aliphatic carbocycles. The van der Waals surface area contributed by atoms with Crippen LogP contribution in [0.1, 0.15) is 12.8 Å². The summed E-state index contributed by atoms with van der Waals surface area (Å²) in [6.45, 7) is 2.01. The first kappa shape index (κ1) is 14.7. The minimum Gasteiger partial charge on any atom is -0.372 e. The van der Waals surface area contributed by atoms with Gasteiger partial charge in [-0.15, -0.1) is 0 Å². The van der Waals surface area contributed by atoms with E-state index in [1.54, 1.807) is 6.07 Å². The van der Waals surface area contributed by atoms with E-state index >= 15 is 0 Å². The molecule has 0 amide bonds. The highest BCUT2D eigenvalue weighted by Crippen LogP contribution is 2.34. The van der Waals surface area contributed by atoms with Crippen LogP contribution in [-0.4, -0.2) is 50.2 Å². The molecule has 1 fully saturated rings. The maximum atomic E-state index is 6.31. The van der Waals surface area contributed by atoms with Crippen molar-refractivity contribution in [2.24, 2.45) is 0 Å². The fourth-order valence-electron chi connectivity index (χ4n) is 2.56. The fourth-order valence-corrected chi connectivity index (χ4v) is 3.12. The zero-order chi connectivity index (χ0) is 14.0. The first-order valence-electron chi connectivity index (χ1n) is 6.48. The Hall–Kier alpha value is -0.710. The summed E-state index contributed by atoms with van der Waals surface area (Å²) >= 11 is 12.4. The smallest absolute Gasteiger partial charge is 0.150 e. The van der Waals surface area contributed by atoms with E-state index in [9.17, 15) is 0 Å². The quantitative estimate of drug-likeness (QED) is 0.926. The molecule has 0 saturated carbocycles. The van der Waals surface area contributed by atoms with Crippen LogP contribution in [0.3, 0.4) is 0 Å². The average molecular weight is 303 g/mol. The second-order valence-corrected chi connectivity index (χ2v) is 5.94. The molecule has 1 atom stereocenters. The van der Waals surface area contributed by atoms with Crippen molar-refractivity contribution >= 4 is 34.8 Å². The number of halogens is 2. The molecule has 2 heterocycles. The third-order valence-electron chi connectivity index (χ3n) is 3.37. The lowest BCUT2D eigenvalue weighted by molar-refractivity contribution is 0.371. The van der Waals surface area contributed by atoms with Crippen LogP contribution in [0.25, 0.3) is 0 Å². The second kappa shape index (κ2) is 6.16. The number of likely N-dealkylation sites (N-methyl/N-ethyl adjacent to an activating group) is 1. The number of aromatic nitrogens is 1. The molecule has 1 aliphatic rings. The van der Waals surface area contributed by atoms with Gasteiger partial charge in [0.25, 0.3) is 0 Å². The van der Waals surface area contributed by atoms with E-state index in [0.717, 1.165) is 18.9 Å². The standard InChI is InChI=1S/C13H20Cl2N4/c1-16-12-10(14)7-11(15)13(17-12)19-6-4-5-9(19)8-18(2)3/h7,9H,4-6,8H2,1-3H3,(H,16,17). The van der Waals surface area contributed by atoms with E-state index in [4.69, 9.17) is 23.2 Å². The molecule has 0 bridgehead atoms. The minimum atomic E-state index is 0.464. The summed E-state index contributed by atoms with van der Waals surface area (Å²) < 4.78 is 0. The Bertz CT molecular complexity index is 451. The summed E-state index contributed by atoms with van der Waals surface area (Å²) in [7, 11) is 5.99. The molecule has 1 saturated heterocycles. The summed E-state index contributed by atoms with van der Waals surface area (Å²) in [4.78, 5) is 9.05. The molecule has 1 N–H and O–H groups in total. The van der Waals surface area contributed by atoms with Crippen molar-refractivity contribution in [2.75, 3.05) is 44.4 Å². The summed E-state index contributed by atoms with van der Waals surface area (Å²) in [5, 5.41) is 4.18. The van der Waals surface area contributed by atoms with Gasteiger partial charge in [0, 0.05) is 26.2 Å². The zero-order valence-corrected chi connectivity index (χ0v) is 13.1. The van der Waals surface area contributed by atoms with Crippen LogP contribution in [0.15, 0.2) is 6.07 Å². The Kier molecular flexibility index (Phi) is 4.76. The maximum Gasteiger partial charge on any atom is 0.150 e. The molecule has 0 radical (unpaired) electrons. The highest BCUT2D eigenvalue weighted by molar-refractivity contribution is 6.37. The van der Waals surface area contributed by atoms with Crippen molar-refractivity contribution in [1.82, 2.24) is 9.88 Å². The molecule has 19 heavy (non-hydrogen) atoms. The molecular formula is C13H20Cl2N4. The van der Waals surface area contributed by atoms with E-state index in [-0.39, 0.29) is 0 Å². The fraction of sp³-hybridized carbons (Fsp3) is 0.615. The van der Waals surface area contributed by atoms with E-state index in [0.29, 0.717) is 21.9 Å². The van der Waals surface area contributed by atoms with Gasteiger partial charge in [0.05, 0.1) is 10.0 Å². The van der Waals surface area contributed by atoms with Crippen molar-refractivity contribution < 1.29 is 0 Å². The largest absolute Gasteiger partial charge is 0.372 e. The van der Waals surface area contributed by atoms with Gasteiger partial charge < -0.3 is 15.1 Å². The third-order valence-corrected chi connectivity index (χ3v) is 3.94. The molecule has 0 aromatic carbocycles. The lowest BCUT2D eigenvalue weighted by Crippen LogP contribution is -2.38. The SMILES string of the molecule is CNc1nc(N2CCCC2CN(C)C)c(Cl)cc1Cl. The predicted octanol–water partition coefficient (Wildman–Crippen LogP) is 2.96. The number of nitrogens with zero attached hydrogens (tertiary/aromatic N) is 3. The molecule has 1 aliphatic heterocycles. The van der Waals surface area contributed by atoms with Crippen LogP contribution in [0.5, 0.6) is 0 Å². The van der Waals surface area contributed by atoms with Gasteiger partial charge in [-0.25, -0.2) is 4.98 Å². The predicted molar refractivity (Wildman–Crippen MR) is 82.7 cm³/mol. The minimum absolute atomic E-state index is 0.464. The van der Waals surface area contributed by atoms with Crippen molar-refractivity contribution in [3.05, 3.63) is 16.1 Å². The van der Waals surface area contributed by atoms with E-state index < -0.39 is 0 Å². The monoisotopic (exact) mass is 302 g/mol. The van der Waals surface area contributed by atoms with Gasteiger partial charge in [0.1, 0.15) is 11.6 Å². The number of hydrogen-bond acceptors (Lipinski definition) is 4. The van der Waals surface area contributed by atoms with Crippen molar-refractivity contribution in [3.8, 4) is 0 Å². The summed E-state index contributed by atoms with van der Waals surface area (Å²) in [5.74, 6) is 1.51. The van der Waals surface area contributed by atoms with Gasteiger partial charge >= 0.3 is 0 Å². The maximum absolute atomic E-state index is 6.31. The number of hydrogen-bond donors (Lipinski definition) is 1. The number of rotatable bonds is 4. The second-order valence-electron chi connectivity index (χ2n) is 5.13. The van der Waals surface area contributed by atoms with Crippen LogP contribution >= 0.6 is 23.2 Å². The van der Waals surface area contributed by atoms with Crippen molar-refractivity contribution in [3.63, 3.8) is 0 Å². The van der Waals surface area contributed by atoms with Crippen LogP contribution in [0.4, 0.5) is 11.6 Å². The van der Waals surface area contributed by atoms with Crippen LogP contribution in [0.2, 0.25) is 10.0 Å². The van der Waals surface area contributed by atoms with Gasteiger partial charge in [-0.05, 0) is 33.0 Å². The Morgan fingerprint density at radius 3 is 2.79 bits per heavy atom.